The number of methoxy groups -OCH3 is 2. The number of amidine groups is 1. The molecule has 0 aromatic heterocycles. The molecule has 0 radical (unpaired) electrons. The summed E-state index contributed by atoms with van der Waals surface area (Å²) < 4.78 is 11.5. The van der Waals surface area contributed by atoms with Gasteiger partial charge in [0.25, 0.3) is 5.91 Å². The van der Waals surface area contributed by atoms with Gasteiger partial charge in [0, 0.05) is 10.0 Å². The molecule has 6 heteroatoms. The quantitative estimate of drug-likeness (QED) is 0.819. The number of amides is 1. The molecule has 0 saturated heterocycles. The minimum Gasteiger partial charge on any atom is -0.493 e. The molecule has 3 rings (SSSR count). The van der Waals surface area contributed by atoms with Gasteiger partial charge in [-0.3, -0.25) is 4.79 Å². The summed E-state index contributed by atoms with van der Waals surface area (Å²) in [5.41, 5.74) is 2.00. The van der Waals surface area contributed by atoms with Crippen molar-refractivity contribution in [2.45, 2.75) is 0 Å². The van der Waals surface area contributed by atoms with Crippen LogP contribution in [0.4, 0.5) is 0 Å². The largest absolute Gasteiger partial charge is 0.493 e. The smallest absolute Gasteiger partial charge is 0.275 e. The fraction of sp³-hybridized carbons (Fsp3) is 0.111. The highest BCUT2D eigenvalue weighted by atomic mass is 79.9. The molecular formula is C18H15BrN2O3. The molecular weight excluding hydrogens is 372 g/mol. The van der Waals surface area contributed by atoms with Gasteiger partial charge in [-0.1, -0.05) is 34.1 Å². The Kier molecular flexibility index (Phi) is 4.66. The van der Waals surface area contributed by atoms with Gasteiger partial charge in [-0.05, 0) is 35.9 Å². The van der Waals surface area contributed by atoms with Gasteiger partial charge in [0.15, 0.2) is 11.5 Å². The molecule has 24 heavy (non-hydrogen) atoms. The summed E-state index contributed by atoms with van der Waals surface area (Å²) in [7, 11) is 3.15. The fourth-order valence-corrected chi connectivity index (χ4v) is 2.58. The SMILES string of the molecule is COc1ccc(C=C2N=C(c3ccc(Br)cc3)NC2=O)cc1OC. The number of hydrogen-bond acceptors (Lipinski definition) is 4. The van der Waals surface area contributed by atoms with Crippen molar-refractivity contribution in [3.05, 3.63) is 63.8 Å². The van der Waals surface area contributed by atoms with Crippen molar-refractivity contribution >= 4 is 33.7 Å². The molecule has 2 aromatic carbocycles. The second kappa shape index (κ2) is 6.88. The number of nitrogens with zero attached hydrogens (tertiary/aromatic N) is 1. The van der Waals surface area contributed by atoms with Gasteiger partial charge in [-0.2, -0.15) is 0 Å². The van der Waals surface area contributed by atoms with E-state index in [1.54, 1.807) is 32.4 Å². The average molecular weight is 387 g/mol. The van der Waals surface area contributed by atoms with Crippen LogP contribution < -0.4 is 14.8 Å². The van der Waals surface area contributed by atoms with Gasteiger partial charge in [-0.25, -0.2) is 4.99 Å². The zero-order valence-corrected chi connectivity index (χ0v) is 14.8. The van der Waals surface area contributed by atoms with E-state index in [-0.39, 0.29) is 5.91 Å². The number of carbonyl (C=O) groups excluding carboxylic acids is 1. The monoisotopic (exact) mass is 386 g/mol. The first-order valence-electron chi connectivity index (χ1n) is 7.20. The number of ether oxygens (including phenoxy) is 2. The normalized spacial score (nSPS) is 15.2. The summed E-state index contributed by atoms with van der Waals surface area (Å²) in [5.74, 6) is 1.54. The van der Waals surface area contributed by atoms with E-state index in [9.17, 15) is 4.79 Å². The molecule has 1 aliphatic rings. The number of benzene rings is 2. The van der Waals surface area contributed by atoms with E-state index in [0.29, 0.717) is 23.0 Å². The molecule has 122 valence electrons. The lowest BCUT2D eigenvalue weighted by atomic mass is 10.1. The van der Waals surface area contributed by atoms with E-state index in [2.05, 4.69) is 26.2 Å². The second-order valence-electron chi connectivity index (χ2n) is 5.07. The highest BCUT2D eigenvalue weighted by Gasteiger charge is 2.21. The van der Waals surface area contributed by atoms with Crippen LogP contribution in [0, 0.1) is 0 Å². The maximum Gasteiger partial charge on any atom is 0.275 e. The summed E-state index contributed by atoms with van der Waals surface area (Å²) in [6, 6.07) is 13.0. The lowest BCUT2D eigenvalue weighted by Crippen LogP contribution is -2.24. The summed E-state index contributed by atoms with van der Waals surface area (Å²) in [4.78, 5) is 16.5. The first-order valence-corrected chi connectivity index (χ1v) is 7.99. The summed E-state index contributed by atoms with van der Waals surface area (Å²) in [5, 5.41) is 2.78. The zero-order valence-electron chi connectivity index (χ0n) is 13.2. The van der Waals surface area contributed by atoms with Gasteiger partial charge in [0.05, 0.1) is 14.2 Å². The molecule has 0 bridgehead atoms. The van der Waals surface area contributed by atoms with Crippen LogP contribution in [0.1, 0.15) is 11.1 Å². The van der Waals surface area contributed by atoms with E-state index in [1.807, 2.05) is 30.3 Å². The maximum atomic E-state index is 12.1. The first kappa shape index (κ1) is 16.3. The van der Waals surface area contributed by atoms with Crippen LogP contribution in [0.3, 0.4) is 0 Å². The van der Waals surface area contributed by atoms with Crippen LogP contribution in [0.15, 0.2) is 57.6 Å². The van der Waals surface area contributed by atoms with Crippen molar-refractivity contribution in [3.8, 4) is 11.5 Å². The molecule has 1 amide bonds. The highest BCUT2D eigenvalue weighted by molar-refractivity contribution is 9.10. The molecule has 0 aliphatic carbocycles. The topological polar surface area (TPSA) is 59.9 Å². The van der Waals surface area contributed by atoms with Crippen molar-refractivity contribution in [2.24, 2.45) is 4.99 Å². The van der Waals surface area contributed by atoms with Gasteiger partial charge < -0.3 is 14.8 Å². The molecule has 1 aliphatic heterocycles. The third kappa shape index (κ3) is 3.33. The van der Waals surface area contributed by atoms with E-state index in [0.717, 1.165) is 15.6 Å². The Bertz CT molecular complexity index is 842. The molecule has 5 nitrogen and oxygen atoms in total. The summed E-state index contributed by atoms with van der Waals surface area (Å²) in [6.07, 6.45) is 1.71. The van der Waals surface area contributed by atoms with E-state index < -0.39 is 0 Å². The Labute approximate surface area is 148 Å². The number of hydrogen-bond donors (Lipinski definition) is 1. The minimum atomic E-state index is -0.234. The summed E-state index contributed by atoms with van der Waals surface area (Å²) in [6.45, 7) is 0. The Balaban J connectivity index is 1.92. The van der Waals surface area contributed by atoms with Crippen LogP contribution in [0.25, 0.3) is 6.08 Å². The van der Waals surface area contributed by atoms with Crippen LogP contribution >= 0.6 is 15.9 Å². The minimum absolute atomic E-state index is 0.234. The van der Waals surface area contributed by atoms with Crippen LogP contribution in [0.2, 0.25) is 0 Å². The number of nitrogens with one attached hydrogen (secondary N) is 1. The molecule has 0 spiro atoms. The van der Waals surface area contributed by atoms with Crippen molar-refractivity contribution in [1.82, 2.24) is 5.32 Å². The van der Waals surface area contributed by atoms with Crippen molar-refractivity contribution in [1.29, 1.82) is 0 Å². The van der Waals surface area contributed by atoms with Crippen molar-refractivity contribution in [2.75, 3.05) is 14.2 Å². The standard InChI is InChI=1S/C18H15BrN2O3/c1-23-15-8-3-11(10-16(15)24-2)9-14-18(22)21-17(20-14)12-4-6-13(19)7-5-12/h3-10H,1-2H3,(H,20,21,22). The Morgan fingerprint density at radius 1 is 1.04 bits per heavy atom. The predicted octanol–water partition coefficient (Wildman–Crippen LogP) is 3.38. The van der Waals surface area contributed by atoms with Crippen LogP contribution in [-0.4, -0.2) is 26.0 Å². The Morgan fingerprint density at radius 2 is 1.75 bits per heavy atom. The Hall–Kier alpha value is -2.60. The molecule has 0 saturated carbocycles. The lowest BCUT2D eigenvalue weighted by Gasteiger charge is -2.07. The summed E-state index contributed by atoms with van der Waals surface area (Å²) >= 11 is 3.39. The van der Waals surface area contributed by atoms with E-state index in [1.165, 1.54) is 0 Å². The van der Waals surface area contributed by atoms with Crippen LogP contribution in [0.5, 0.6) is 11.5 Å². The molecule has 0 fully saturated rings. The van der Waals surface area contributed by atoms with E-state index in [4.69, 9.17) is 9.47 Å². The first-order chi connectivity index (χ1) is 11.6. The van der Waals surface area contributed by atoms with Gasteiger partial charge in [0.2, 0.25) is 0 Å². The molecule has 0 atom stereocenters. The van der Waals surface area contributed by atoms with Crippen molar-refractivity contribution in [3.63, 3.8) is 0 Å². The third-order valence-electron chi connectivity index (χ3n) is 3.53. The van der Waals surface area contributed by atoms with Gasteiger partial charge in [0.1, 0.15) is 11.5 Å². The second-order valence-corrected chi connectivity index (χ2v) is 5.98. The lowest BCUT2D eigenvalue weighted by molar-refractivity contribution is -0.115. The van der Waals surface area contributed by atoms with Crippen LogP contribution in [-0.2, 0) is 4.79 Å². The number of carbonyl (C=O) groups is 1. The zero-order chi connectivity index (χ0) is 17.1. The maximum absolute atomic E-state index is 12.1. The molecule has 0 unspecified atom stereocenters. The fourth-order valence-electron chi connectivity index (χ4n) is 2.31. The number of halogens is 1. The average Bonchev–Trinajstić information content (AvgIpc) is 2.96. The van der Waals surface area contributed by atoms with E-state index >= 15 is 0 Å². The molecule has 2 aromatic rings. The molecule has 1 heterocycles. The Morgan fingerprint density at radius 3 is 2.42 bits per heavy atom. The molecule has 1 N–H and O–H groups in total. The predicted molar refractivity (Wildman–Crippen MR) is 96.3 cm³/mol. The third-order valence-corrected chi connectivity index (χ3v) is 4.05. The van der Waals surface area contributed by atoms with Crippen molar-refractivity contribution < 1.29 is 14.3 Å². The highest BCUT2D eigenvalue weighted by Crippen LogP contribution is 2.29. The number of aliphatic imine (C=N–C) groups is 1. The van der Waals surface area contributed by atoms with Gasteiger partial charge >= 0.3 is 0 Å². The van der Waals surface area contributed by atoms with Gasteiger partial charge in [-0.15, -0.1) is 0 Å². The number of rotatable bonds is 4.